The standard InChI is InChI=1S/C12H26O2.C11H12O3.C7H6O2/c1-3-5-7-11(9-13)12(10-14)8-6-4-2;1-6-4-7(2)9(8(3)5-6)10(12)11(13)14;8-7(9)6-4-2-1-3-5-6/h11-14H,3-10H2,1-2H3;4-5H,1-3H3,(H,13,14);1-5H,(H,8,9). The van der Waals surface area contributed by atoms with Crippen LogP contribution in [0, 0.1) is 32.6 Å². The van der Waals surface area contributed by atoms with Crippen LogP contribution >= 0.6 is 0 Å². The number of ketones is 1. The second-order valence-corrected chi connectivity index (χ2v) is 9.25. The van der Waals surface area contributed by atoms with Crippen LogP contribution in [0.25, 0.3) is 0 Å². The number of aryl methyl sites for hydroxylation is 3. The van der Waals surface area contributed by atoms with E-state index in [1.54, 1.807) is 44.2 Å². The average molecular weight is 517 g/mol. The molecule has 2 aromatic rings. The summed E-state index contributed by atoms with van der Waals surface area (Å²) in [5.74, 6) is -2.49. The molecule has 0 amide bonds. The van der Waals surface area contributed by atoms with Gasteiger partial charge in [0.05, 0.1) is 5.56 Å². The molecular weight excluding hydrogens is 472 g/mol. The van der Waals surface area contributed by atoms with Gasteiger partial charge in [0.2, 0.25) is 0 Å². The fourth-order valence-corrected chi connectivity index (χ4v) is 4.11. The van der Waals surface area contributed by atoms with Gasteiger partial charge in [-0.05, 0) is 68.7 Å². The number of Topliss-reactive ketones (excluding diaryl/α,β-unsaturated/α-hetero) is 1. The summed E-state index contributed by atoms with van der Waals surface area (Å²) >= 11 is 0. The zero-order chi connectivity index (χ0) is 28.4. The van der Waals surface area contributed by atoms with E-state index in [1.165, 1.54) is 12.8 Å². The van der Waals surface area contributed by atoms with Crippen molar-refractivity contribution in [3.63, 3.8) is 0 Å². The van der Waals surface area contributed by atoms with Crippen LogP contribution in [0.2, 0.25) is 0 Å². The predicted molar refractivity (Wildman–Crippen MR) is 146 cm³/mol. The van der Waals surface area contributed by atoms with E-state index in [-0.39, 0.29) is 13.2 Å². The van der Waals surface area contributed by atoms with Crippen LogP contribution < -0.4 is 0 Å². The monoisotopic (exact) mass is 516 g/mol. The number of unbranched alkanes of at least 4 members (excludes halogenated alkanes) is 2. The fraction of sp³-hybridized carbons (Fsp3) is 0.500. The minimum Gasteiger partial charge on any atom is -0.478 e. The Bertz CT molecular complexity index is 917. The van der Waals surface area contributed by atoms with Gasteiger partial charge in [0.25, 0.3) is 5.78 Å². The lowest BCUT2D eigenvalue weighted by Gasteiger charge is -2.23. The molecule has 7 nitrogen and oxygen atoms in total. The van der Waals surface area contributed by atoms with Crippen molar-refractivity contribution in [1.29, 1.82) is 0 Å². The van der Waals surface area contributed by atoms with Gasteiger partial charge in [-0.1, -0.05) is 75.4 Å². The number of carboxylic acid groups (broad SMARTS) is 2. The van der Waals surface area contributed by atoms with Crippen molar-refractivity contribution in [3.8, 4) is 0 Å². The molecule has 0 bridgehead atoms. The first-order chi connectivity index (χ1) is 17.5. The second-order valence-electron chi connectivity index (χ2n) is 9.25. The molecule has 0 radical (unpaired) electrons. The van der Waals surface area contributed by atoms with E-state index in [2.05, 4.69) is 13.8 Å². The first-order valence-electron chi connectivity index (χ1n) is 12.9. The molecule has 2 unspecified atom stereocenters. The lowest BCUT2D eigenvalue weighted by molar-refractivity contribution is -0.131. The average Bonchev–Trinajstić information content (AvgIpc) is 2.86. The summed E-state index contributed by atoms with van der Waals surface area (Å²) in [5.41, 5.74) is 3.10. The normalized spacial score (nSPS) is 11.8. The van der Waals surface area contributed by atoms with Crippen molar-refractivity contribution >= 4 is 17.7 Å². The smallest absolute Gasteiger partial charge is 0.377 e. The summed E-state index contributed by atoms with van der Waals surface area (Å²) in [6, 6.07) is 11.9. The van der Waals surface area contributed by atoms with E-state index < -0.39 is 17.7 Å². The minimum absolute atomic E-state index is 0.231. The number of carbonyl (C=O) groups excluding carboxylic acids is 1. The number of benzene rings is 2. The van der Waals surface area contributed by atoms with Crippen LogP contribution in [0.3, 0.4) is 0 Å². The third-order valence-corrected chi connectivity index (χ3v) is 6.11. The number of hydrogen-bond donors (Lipinski definition) is 4. The van der Waals surface area contributed by atoms with E-state index in [1.807, 2.05) is 19.1 Å². The van der Waals surface area contributed by atoms with E-state index in [9.17, 15) is 24.6 Å². The molecule has 0 aliphatic heterocycles. The van der Waals surface area contributed by atoms with Crippen LogP contribution in [-0.2, 0) is 4.79 Å². The van der Waals surface area contributed by atoms with Crippen molar-refractivity contribution in [1.82, 2.24) is 0 Å². The number of hydrogen-bond acceptors (Lipinski definition) is 5. The zero-order valence-corrected chi connectivity index (χ0v) is 22.9. The van der Waals surface area contributed by atoms with Crippen molar-refractivity contribution in [2.45, 2.75) is 73.1 Å². The molecule has 0 spiro atoms. The number of aliphatic carboxylic acids is 1. The number of carbonyl (C=O) groups is 3. The summed E-state index contributed by atoms with van der Waals surface area (Å²) in [6.07, 6.45) is 6.77. The van der Waals surface area contributed by atoms with Crippen LogP contribution in [0.1, 0.15) is 89.8 Å². The molecule has 0 aromatic heterocycles. The first kappa shape index (κ1) is 34.0. The predicted octanol–water partition coefficient (Wildman–Crippen LogP) is 5.85. The van der Waals surface area contributed by atoms with Crippen molar-refractivity contribution in [3.05, 3.63) is 70.3 Å². The third-order valence-electron chi connectivity index (χ3n) is 6.11. The van der Waals surface area contributed by atoms with Crippen molar-refractivity contribution in [2.75, 3.05) is 13.2 Å². The second kappa shape index (κ2) is 19.1. The van der Waals surface area contributed by atoms with Crippen LogP contribution in [0.15, 0.2) is 42.5 Å². The molecule has 2 rings (SSSR count). The summed E-state index contributed by atoms with van der Waals surface area (Å²) in [4.78, 5) is 32.0. The third kappa shape index (κ3) is 13.2. The Morgan fingerprint density at radius 1 is 0.757 bits per heavy atom. The molecule has 0 aliphatic rings. The molecule has 0 fully saturated rings. The van der Waals surface area contributed by atoms with E-state index in [0.29, 0.717) is 23.0 Å². The molecule has 7 heteroatoms. The molecule has 37 heavy (non-hydrogen) atoms. The summed E-state index contributed by atoms with van der Waals surface area (Å²) < 4.78 is 0. The highest BCUT2D eigenvalue weighted by molar-refractivity contribution is 6.40. The topological polar surface area (TPSA) is 132 Å². The molecule has 0 saturated heterocycles. The Labute approximate surface area is 221 Å². The maximum atomic E-state index is 11.3. The van der Waals surface area contributed by atoms with Crippen molar-refractivity contribution in [2.24, 2.45) is 11.8 Å². The maximum Gasteiger partial charge on any atom is 0.377 e. The van der Waals surface area contributed by atoms with Crippen LogP contribution in [0.5, 0.6) is 0 Å². The number of aromatic carboxylic acids is 1. The quantitative estimate of drug-likeness (QED) is 0.205. The van der Waals surface area contributed by atoms with Gasteiger partial charge in [-0.15, -0.1) is 0 Å². The molecule has 0 saturated carbocycles. The molecule has 4 N–H and O–H groups in total. The highest BCUT2D eigenvalue weighted by Gasteiger charge is 2.19. The Hall–Kier alpha value is -3.03. The number of aliphatic hydroxyl groups is 2. The maximum absolute atomic E-state index is 11.3. The zero-order valence-electron chi connectivity index (χ0n) is 22.9. The SMILES string of the molecule is CCCCC(CO)C(CO)CCCC.Cc1cc(C)c(C(=O)C(=O)O)c(C)c1.O=C(O)c1ccccc1. The number of rotatable bonds is 12. The van der Waals surface area contributed by atoms with Gasteiger partial charge in [-0.25, -0.2) is 9.59 Å². The van der Waals surface area contributed by atoms with Gasteiger partial charge >= 0.3 is 11.9 Å². The minimum atomic E-state index is -1.40. The van der Waals surface area contributed by atoms with Gasteiger partial charge in [0.15, 0.2) is 0 Å². The van der Waals surface area contributed by atoms with Gasteiger partial charge in [-0.3, -0.25) is 4.79 Å². The van der Waals surface area contributed by atoms with Gasteiger partial charge in [-0.2, -0.15) is 0 Å². The van der Waals surface area contributed by atoms with Gasteiger partial charge in [0, 0.05) is 18.8 Å². The Balaban J connectivity index is 0.000000538. The molecule has 206 valence electrons. The Morgan fingerprint density at radius 2 is 1.19 bits per heavy atom. The molecule has 0 heterocycles. The van der Waals surface area contributed by atoms with E-state index >= 15 is 0 Å². The van der Waals surface area contributed by atoms with E-state index in [0.717, 1.165) is 42.4 Å². The van der Waals surface area contributed by atoms with Crippen molar-refractivity contribution < 1.29 is 34.8 Å². The molecule has 2 atom stereocenters. The lowest BCUT2D eigenvalue weighted by Crippen LogP contribution is -2.22. The molecule has 2 aromatic carbocycles. The summed E-state index contributed by atoms with van der Waals surface area (Å²) in [5, 5.41) is 35.5. The fourth-order valence-electron chi connectivity index (χ4n) is 4.11. The van der Waals surface area contributed by atoms with Gasteiger partial charge in [0.1, 0.15) is 0 Å². The largest absolute Gasteiger partial charge is 0.478 e. The summed E-state index contributed by atoms with van der Waals surface area (Å²) in [7, 11) is 0. The number of carboxylic acids is 2. The molecular formula is C30H44O7. The van der Waals surface area contributed by atoms with Crippen LogP contribution in [0.4, 0.5) is 0 Å². The van der Waals surface area contributed by atoms with Gasteiger partial charge < -0.3 is 20.4 Å². The molecule has 0 aliphatic carbocycles. The van der Waals surface area contributed by atoms with Crippen LogP contribution in [-0.4, -0.2) is 51.4 Å². The number of aliphatic hydroxyl groups excluding tert-OH is 2. The Kier molecular flexibility index (Phi) is 17.6. The highest BCUT2D eigenvalue weighted by Crippen LogP contribution is 2.23. The lowest BCUT2D eigenvalue weighted by atomic mass is 9.85. The summed E-state index contributed by atoms with van der Waals surface area (Å²) in [6.45, 7) is 10.2. The highest BCUT2D eigenvalue weighted by atomic mass is 16.4. The van der Waals surface area contributed by atoms with E-state index in [4.69, 9.17) is 10.2 Å². The first-order valence-corrected chi connectivity index (χ1v) is 12.9. The Morgan fingerprint density at radius 3 is 1.49 bits per heavy atom.